The zero-order valence-corrected chi connectivity index (χ0v) is 10.1. The van der Waals surface area contributed by atoms with Crippen LogP contribution in [0.15, 0.2) is 12.2 Å². The van der Waals surface area contributed by atoms with Crippen molar-refractivity contribution < 1.29 is 4.74 Å². The molecule has 0 bridgehead atoms. The predicted octanol–water partition coefficient (Wildman–Crippen LogP) is 3.77. The smallest absolute Gasteiger partial charge is 0.181 e. The highest BCUT2D eigenvalue weighted by atomic mass is 16.5. The van der Waals surface area contributed by atoms with Gasteiger partial charge in [-0.2, -0.15) is 0 Å². The van der Waals surface area contributed by atoms with E-state index < -0.39 is 0 Å². The lowest BCUT2D eigenvalue weighted by atomic mass is 9.99. The molecular formula is C12H23NO. The van der Waals surface area contributed by atoms with Crippen molar-refractivity contribution in [2.24, 2.45) is 5.92 Å². The van der Waals surface area contributed by atoms with E-state index in [1.54, 1.807) is 0 Å². The van der Waals surface area contributed by atoms with Crippen molar-refractivity contribution in [1.29, 1.82) is 5.41 Å². The van der Waals surface area contributed by atoms with Crippen LogP contribution in [0.5, 0.6) is 0 Å². The summed E-state index contributed by atoms with van der Waals surface area (Å²) < 4.78 is 5.42. The highest BCUT2D eigenvalue weighted by Crippen LogP contribution is 2.16. The molecule has 0 aliphatic carbocycles. The zero-order valence-electron chi connectivity index (χ0n) is 10.1. The van der Waals surface area contributed by atoms with Crippen LogP contribution in [-0.4, -0.2) is 11.5 Å². The summed E-state index contributed by atoms with van der Waals surface area (Å²) in [7, 11) is 0. The molecule has 0 heterocycles. The number of hydrogen-bond acceptors (Lipinski definition) is 2. The van der Waals surface area contributed by atoms with Crippen LogP contribution in [0.4, 0.5) is 0 Å². The lowest BCUT2D eigenvalue weighted by Gasteiger charge is -2.22. The Hall–Kier alpha value is -0.790. The first-order valence-electron chi connectivity index (χ1n) is 5.14. The fourth-order valence-electron chi connectivity index (χ4n) is 1.01. The van der Waals surface area contributed by atoms with Gasteiger partial charge in [-0.3, -0.25) is 5.41 Å². The van der Waals surface area contributed by atoms with Gasteiger partial charge in [0.15, 0.2) is 5.90 Å². The van der Waals surface area contributed by atoms with Gasteiger partial charge in [0.05, 0.1) is 0 Å². The quantitative estimate of drug-likeness (QED) is 0.415. The van der Waals surface area contributed by atoms with Crippen LogP contribution < -0.4 is 0 Å². The number of ether oxygens (including phenoxy) is 1. The van der Waals surface area contributed by atoms with Gasteiger partial charge in [-0.1, -0.05) is 19.1 Å². The molecule has 0 radical (unpaired) electrons. The summed E-state index contributed by atoms with van der Waals surface area (Å²) in [6.45, 7) is 13.9. The summed E-state index contributed by atoms with van der Waals surface area (Å²) in [5, 5.41) is 7.63. The molecule has 0 aromatic carbocycles. The second-order valence-electron chi connectivity index (χ2n) is 4.92. The molecule has 0 saturated carbocycles. The van der Waals surface area contributed by atoms with Crippen LogP contribution >= 0.6 is 0 Å². The minimum atomic E-state index is -0.246. The van der Waals surface area contributed by atoms with E-state index in [9.17, 15) is 0 Å². The van der Waals surface area contributed by atoms with Gasteiger partial charge in [-0.25, -0.2) is 0 Å². The summed E-state index contributed by atoms with van der Waals surface area (Å²) in [5.74, 6) is 0.851. The molecular weight excluding hydrogens is 174 g/mol. The van der Waals surface area contributed by atoms with Gasteiger partial charge >= 0.3 is 0 Å². The number of nitrogens with one attached hydrogen (secondary N) is 1. The average Bonchev–Trinajstić information content (AvgIpc) is 1.96. The third-order valence-corrected chi connectivity index (χ3v) is 2.08. The van der Waals surface area contributed by atoms with Crippen LogP contribution in [0.3, 0.4) is 0 Å². The molecule has 0 saturated heterocycles. The van der Waals surface area contributed by atoms with Gasteiger partial charge in [-0.05, 0) is 40.0 Å². The van der Waals surface area contributed by atoms with Crippen LogP contribution in [0.1, 0.15) is 47.5 Å². The molecule has 0 aromatic heterocycles. The topological polar surface area (TPSA) is 33.1 Å². The summed E-state index contributed by atoms with van der Waals surface area (Å²) in [6, 6.07) is 0. The maximum Gasteiger partial charge on any atom is 0.181 e. The first-order valence-corrected chi connectivity index (χ1v) is 5.14. The predicted molar refractivity (Wildman–Crippen MR) is 61.8 cm³/mol. The Bertz CT molecular complexity index is 213. The molecule has 0 unspecified atom stereocenters. The Labute approximate surface area is 87.9 Å². The SMILES string of the molecule is C=C(C)[C@H](C)CCC(=N)OC(C)(C)C. The highest BCUT2D eigenvalue weighted by molar-refractivity contribution is 5.72. The molecule has 2 nitrogen and oxygen atoms in total. The molecule has 0 fully saturated rings. The standard InChI is InChI=1S/C12H23NO/c1-9(2)10(3)7-8-11(13)14-12(4,5)6/h10,13H,1,7-8H2,2-6H3/t10-/m1/s1. The fraction of sp³-hybridized carbons (Fsp3) is 0.750. The van der Waals surface area contributed by atoms with Crippen molar-refractivity contribution in [1.82, 2.24) is 0 Å². The molecule has 0 aromatic rings. The number of hydrogen-bond donors (Lipinski definition) is 1. The molecule has 82 valence electrons. The second kappa shape index (κ2) is 5.18. The molecule has 0 aliphatic rings. The zero-order chi connectivity index (χ0) is 11.4. The van der Waals surface area contributed by atoms with Crippen LogP contribution in [0, 0.1) is 11.3 Å². The lowest BCUT2D eigenvalue weighted by molar-refractivity contribution is 0.110. The van der Waals surface area contributed by atoms with Crippen LogP contribution in [0.2, 0.25) is 0 Å². The molecule has 14 heavy (non-hydrogen) atoms. The van der Waals surface area contributed by atoms with E-state index in [1.807, 2.05) is 27.7 Å². The second-order valence-corrected chi connectivity index (χ2v) is 4.92. The monoisotopic (exact) mass is 197 g/mol. The fourth-order valence-corrected chi connectivity index (χ4v) is 1.01. The van der Waals surface area contributed by atoms with Gasteiger partial charge < -0.3 is 4.74 Å². The maximum absolute atomic E-state index is 7.63. The third kappa shape index (κ3) is 6.70. The highest BCUT2D eigenvalue weighted by Gasteiger charge is 2.14. The van der Waals surface area contributed by atoms with Crippen LogP contribution in [-0.2, 0) is 4.74 Å². The Morgan fingerprint density at radius 3 is 2.29 bits per heavy atom. The lowest BCUT2D eigenvalue weighted by Crippen LogP contribution is -2.23. The molecule has 0 rings (SSSR count). The number of allylic oxidation sites excluding steroid dienone is 1. The summed E-state index contributed by atoms with van der Waals surface area (Å²) in [6.07, 6.45) is 1.65. The molecule has 0 amide bonds. The maximum atomic E-state index is 7.63. The van der Waals surface area contributed by atoms with Crippen molar-refractivity contribution in [3.8, 4) is 0 Å². The Morgan fingerprint density at radius 1 is 1.43 bits per heavy atom. The Kier molecular flexibility index (Phi) is 4.89. The van der Waals surface area contributed by atoms with E-state index in [4.69, 9.17) is 10.1 Å². The number of rotatable bonds is 4. The van der Waals surface area contributed by atoms with Gasteiger partial charge in [0.25, 0.3) is 0 Å². The van der Waals surface area contributed by atoms with E-state index in [0.29, 0.717) is 18.2 Å². The van der Waals surface area contributed by atoms with E-state index in [-0.39, 0.29) is 5.60 Å². The van der Waals surface area contributed by atoms with E-state index in [1.165, 1.54) is 5.57 Å². The average molecular weight is 197 g/mol. The summed E-state index contributed by atoms with van der Waals surface area (Å²) in [4.78, 5) is 0. The van der Waals surface area contributed by atoms with Gasteiger partial charge in [0.2, 0.25) is 0 Å². The van der Waals surface area contributed by atoms with E-state index in [0.717, 1.165) is 6.42 Å². The molecule has 0 spiro atoms. The third-order valence-electron chi connectivity index (χ3n) is 2.08. The Balaban J connectivity index is 3.81. The Morgan fingerprint density at radius 2 is 1.93 bits per heavy atom. The molecule has 1 N–H and O–H groups in total. The summed E-state index contributed by atoms with van der Waals surface area (Å²) in [5.41, 5.74) is 0.928. The minimum absolute atomic E-state index is 0.246. The van der Waals surface area contributed by atoms with Crippen molar-refractivity contribution in [3.05, 3.63) is 12.2 Å². The van der Waals surface area contributed by atoms with Crippen molar-refractivity contribution >= 4 is 5.90 Å². The van der Waals surface area contributed by atoms with E-state index >= 15 is 0 Å². The first-order chi connectivity index (χ1) is 6.22. The first kappa shape index (κ1) is 13.2. The summed E-state index contributed by atoms with van der Waals surface area (Å²) >= 11 is 0. The molecule has 1 atom stereocenters. The normalized spacial score (nSPS) is 13.5. The van der Waals surface area contributed by atoms with Crippen molar-refractivity contribution in [2.45, 2.75) is 53.1 Å². The van der Waals surface area contributed by atoms with Gasteiger partial charge in [-0.15, -0.1) is 0 Å². The van der Waals surface area contributed by atoms with Crippen molar-refractivity contribution in [3.63, 3.8) is 0 Å². The van der Waals surface area contributed by atoms with E-state index in [2.05, 4.69) is 13.5 Å². The van der Waals surface area contributed by atoms with Crippen LogP contribution in [0.25, 0.3) is 0 Å². The minimum Gasteiger partial charge on any atom is -0.476 e. The van der Waals surface area contributed by atoms with Gasteiger partial charge in [0, 0.05) is 6.42 Å². The molecule has 2 heteroatoms. The largest absolute Gasteiger partial charge is 0.476 e. The molecule has 0 aliphatic heterocycles. The van der Waals surface area contributed by atoms with Crippen molar-refractivity contribution in [2.75, 3.05) is 0 Å². The van der Waals surface area contributed by atoms with Gasteiger partial charge in [0.1, 0.15) is 5.60 Å².